The minimum Gasteiger partial charge on any atom is -0.314 e. The fraction of sp³-hybridized carbons (Fsp3) is 0.688. The molecule has 106 valence electrons. The maximum absolute atomic E-state index is 4.53. The van der Waals surface area contributed by atoms with Gasteiger partial charge in [0.05, 0.1) is 0 Å². The molecule has 1 aromatic rings. The van der Waals surface area contributed by atoms with Gasteiger partial charge in [-0.15, -0.1) is 0 Å². The molecule has 0 bridgehead atoms. The van der Waals surface area contributed by atoms with Gasteiger partial charge in [-0.3, -0.25) is 4.98 Å². The van der Waals surface area contributed by atoms with Crippen molar-refractivity contribution in [1.29, 1.82) is 0 Å². The fourth-order valence-corrected chi connectivity index (χ4v) is 3.24. The number of hydrogen-bond acceptors (Lipinski definition) is 2. The van der Waals surface area contributed by atoms with Gasteiger partial charge in [-0.2, -0.15) is 0 Å². The molecule has 1 heterocycles. The molecule has 2 unspecified atom stereocenters. The second-order valence-corrected chi connectivity index (χ2v) is 6.96. The van der Waals surface area contributed by atoms with Crippen molar-refractivity contribution in [3.8, 4) is 0 Å². The molecular weight excluding hydrogens is 300 g/mol. The van der Waals surface area contributed by atoms with Crippen LogP contribution in [0.3, 0.4) is 0 Å². The molecule has 2 atom stereocenters. The molecule has 1 aliphatic rings. The molecule has 0 saturated heterocycles. The topological polar surface area (TPSA) is 24.9 Å². The van der Waals surface area contributed by atoms with E-state index in [1.54, 1.807) is 0 Å². The number of pyridine rings is 1. The molecule has 2 nitrogen and oxygen atoms in total. The highest BCUT2D eigenvalue weighted by Crippen LogP contribution is 2.32. The first-order chi connectivity index (χ1) is 9.15. The van der Waals surface area contributed by atoms with Crippen molar-refractivity contribution in [2.24, 2.45) is 11.8 Å². The summed E-state index contributed by atoms with van der Waals surface area (Å²) in [6.07, 6.45) is 8.58. The van der Waals surface area contributed by atoms with Gasteiger partial charge in [0.1, 0.15) is 0 Å². The molecule has 0 aromatic carbocycles. The first kappa shape index (κ1) is 15.0. The van der Waals surface area contributed by atoms with E-state index in [2.05, 4.69) is 52.2 Å². The molecule has 1 N–H and O–H groups in total. The van der Waals surface area contributed by atoms with Gasteiger partial charge in [-0.1, -0.05) is 26.7 Å². The Balaban J connectivity index is 1.93. The zero-order valence-electron chi connectivity index (χ0n) is 12.0. The van der Waals surface area contributed by atoms with Gasteiger partial charge in [-0.25, -0.2) is 0 Å². The van der Waals surface area contributed by atoms with Crippen LogP contribution in [-0.4, -0.2) is 17.6 Å². The van der Waals surface area contributed by atoms with E-state index in [-0.39, 0.29) is 0 Å². The maximum Gasteiger partial charge on any atom is 0.0413 e. The summed E-state index contributed by atoms with van der Waals surface area (Å²) in [6.45, 7) is 5.63. The largest absolute Gasteiger partial charge is 0.314 e. The van der Waals surface area contributed by atoms with E-state index < -0.39 is 0 Å². The third-order valence-electron chi connectivity index (χ3n) is 4.11. The Kier molecular flexibility index (Phi) is 5.83. The summed E-state index contributed by atoms with van der Waals surface area (Å²) in [5.74, 6) is 1.62. The third kappa shape index (κ3) is 4.88. The summed E-state index contributed by atoms with van der Waals surface area (Å²) in [5.41, 5.74) is 1.24. The molecule has 0 spiro atoms. The van der Waals surface area contributed by atoms with Crippen LogP contribution in [0.2, 0.25) is 0 Å². The molecule has 0 radical (unpaired) electrons. The SMILES string of the molecule is CC(C)NCC1CCCCC1Cc1ccc(Br)cn1. The number of aromatic nitrogens is 1. The second-order valence-electron chi connectivity index (χ2n) is 6.04. The lowest BCUT2D eigenvalue weighted by Crippen LogP contribution is -2.35. The third-order valence-corrected chi connectivity index (χ3v) is 4.58. The van der Waals surface area contributed by atoms with Crippen LogP contribution in [0.1, 0.15) is 45.2 Å². The van der Waals surface area contributed by atoms with Gasteiger partial charge < -0.3 is 5.32 Å². The van der Waals surface area contributed by atoms with E-state index in [4.69, 9.17) is 0 Å². The first-order valence-electron chi connectivity index (χ1n) is 7.49. The van der Waals surface area contributed by atoms with Gasteiger partial charge in [0.2, 0.25) is 0 Å². The molecule has 1 saturated carbocycles. The number of rotatable bonds is 5. The van der Waals surface area contributed by atoms with Crippen molar-refractivity contribution in [1.82, 2.24) is 10.3 Å². The zero-order valence-corrected chi connectivity index (χ0v) is 13.6. The fourth-order valence-electron chi connectivity index (χ4n) is 3.00. The maximum atomic E-state index is 4.53. The molecule has 3 heteroatoms. The number of nitrogens with one attached hydrogen (secondary N) is 1. The molecule has 0 amide bonds. The molecule has 1 aliphatic carbocycles. The highest BCUT2D eigenvalue weighted by Gasteiger charge is 2.25. The summed E-state index contributed by atoms with van der Waals surface area (Å²) < 4.78 is 1.07. The van der Waals surface area contributed by atoms with Crippen LogP contribution in [0.25, 0.3) is 0 Å². The Morgan fingerprint density at radius 2 is 2.00 bits per heavy atom. The van der Waals surface area contributed by atoms with Crippen LogP contribution in [0, 0.1) is 11.8 Å². The quantitative estimate of drug-likeness (QED) is 0.878. The van der Waals surface area contributed by atoms with Gasteiger partial charge in [0, 0.05) is 22.4 Å². The first-order valence-corrected chi connectivity index (χ1v) is 8.28. The van der Waals surface area contributed by atoms with Gasteiger partial charge in [0.25, 0.3) is 0 Å². The minimum absolute atomic E-state index is 0.591. The van der Waals surface area contributed by atoms with Crippen molar-refractivity contribution in [3.05, 3.63) is 28.5 Å². The summed E-state index contributed by atoms with van der Waals surface area (Å²) >= 11 is 3.45. The van der Waals surface area contributed by atoms with E-state index in [9.17, 15) is 0 Å². The monoisotopic (exact) mass is 324 g/mol. The van der Waals surface area contributed by atoms with Crippen LogP contribution < -0.4 is 5.32 Å². The average Bonchev–Trinajstić information content (AvgIpc) is 2.40. The summed E-state index contributed by atoms with van der Waals surface area (Å²) in [5, 5.41) is 3.61. The second kappa shape index (κ2) is 7.39. The average molecular weight is 325 g/mol. The lowest BCUT2D eigenvalue weighted by molar-refractivity contribution is 0.223. The van der Waals surface area contributed by atoms with Crippen molar-refractivity contribution < 1.29 is 0 Å². The van der Waals surface area contributed by atoms with Crippen molar-refractivity contribution >= 4 is 15.9 Å². The summed E-state index contributed by atoms with van der Waals surface area (Å²) in [6, 6.07) is 4.85. The Labute approximate surface area is 125 Å². The molecule has 0 aliphatic heterocycles. The zero-order chi connectivity index (χ0) is 13.7. The molecule has 1 fully saturated rings. The van der Waals surface area contributed by atoms with Crippen LogP contribution in [0.4, 0.5) is 0 Å². The predicted octanol–water partition coefficient (Wildman–Crippen LogP) is 4.19. The standard InChI is InChI=1S/C16H25BrN2/c1-12(2)18-10-14-6-4-3-5-13(14)9-16-8-7-15(17)11-19-16/h7-8,11-14,18H,3-6,9-10H2,1-2H3. The van der Waals surface area contributed by atoms with Gasteiger partial charge in [0.15, 0.2) is 0 Å². The molecule has 19 heavy (non-hydrogen) atoms. The lowest BCUT2D eigenvalue weighted by atomic mass is 9.76. The Morgan fingerprint density at radius 1 is 1.26 bits per heavy atom. The molecular formula is C16H25BrN2. The van der Waals surface area contributed by atoms with Crippen molar-refractivity contribution in [3.63, 3.8) is 0 Å². The lowest BCUT2D eigenvalue weighted by Gasteiger charge is -2.32. The van der Waals surface area contributed by atoms with Gasteiger partial charge >= 0.3 is 0 Å². The van der Waals surface area contributed by atoms with Crippen molar-refractivity contribution in [2.45, 2.75) is 52.0 Å². The van der Waals surface area contributed by atoms with E-state index in [0.29, 0.717) is 6.04 Å². The molecule has 1 aromatic heterocycles. The van der Waals surface area contributed by atoms with Crippen LogP contribution >= 0.6 is 15.9 Å². The normalized spacial score (nSPS) is 23.8. The Bertz CT molecular complexity index is 375. The van der Waals surface area contributed by atoms with Crippen LogP contribution in [0.5, 0.6) is 0 Å². The summed E-state index contributed by atoms with van der Waals surface area (Å²) in [4.78, 5) is 4.53. The van der Waals surface area contributed by atoms with Crippen LogP contribution in [0.15, 0.2) is 22.8 Å². The van der Waals surface area contributed by atoms with E-state index in [0.717, 1.165) is 22.7 Å². The smallest absolute Gasteiger partial charge is 0.0413 e. The highest BCUT2D eigenvalue weighted by molar-refractivity contribution is 9.10. The van der Waals surface area contributed by atoms with E-state index in [1.165, 1.54) is 37.9 Å². The van der Waals surface area contributed by atoms with E-state index in [1.807, 2.05) is 6.20 Å². The number of halogens is 1. The Hall–Kier alpha value is -0.410. The molecule has 2 rings (SSSR count). The van der Waals surface area contributed by atoms with Crippen molar-refractivity contribution in [2.75, 3.05) is 6.54 Å². The highest BCUT2D eigenvalue weighted by atomic mass is 79.9. The number of hydrogen-bond donors (Lipinski definition) is 1. The predicted molar refractivity (Wildman–Crippen MR) is 84.2 cm³/mol. The minimum atomic E-state index is 0.591. The van der Waals surface area contributed by atoms with E-state index >= 15 is 0 Å². The van der Waals surface area contributed by atoms with Crippen LogP contribution in [-0.2, 0) is 6.42 Å². The number of nitrogens with zero attached hydrogens (tertiary/aromatic N) is 1. The summed E-state index contributed by atoms with van der Waals surface area (Å²) in [7, 11) is 0. The Morgan fingerprint density at radius 3 is 2.63 bits per heavy atom. The van der Waals surface area contributed by atoms with Gasteiger partial charge in [-0.05, 0) is 65.7 Å².